The number of phenols is 1. The molecule has 0 aromatic heterocycles. The van der Waals surface area contributed by atoms with E-state index < -0.39 is 0 Å². The fourth-order valence-corrected chi connectivity index (χ4v) is 1.36. The van der Waals surface area contributed by atoms with Crippen LogP contribution in [0.1, 0.15) is 11.1 Å². The SMILES string of the molecule is CNCc1cc(O)cc(CNC)c1. The largest absolute Gasteiger partial charge is 0.508 e. The van der Waals surface area contributed by atoms with Crippen LogP contribution in [0.3, 0.4) is 0 Å². The van der Waals surface area contributed by atoms with Gasteiger partial charge in [-0.2, -0.15) is 0 Å². The van der Waals surface area contributed by atoms with Gasteiger partial charge in [0.25, 0.3) is 0 Å². The van der Waals surface area contributed by atoms with Gasteiger partial charge in [0.1, 0.15) is 5.75 Å². The van der Waals surface area contributed by atoms with Crippen LogP contribution in [-0.2, 0) is 13.1 Å². The highest BCUT2D eigenvalue weighted by atomic mass is 16.3. The molecule has 13 heavy (non-hydrogen) atoms. The van der Waals surface area contributed by atoms with Crippen LogP contribution in [0.2, 0.25) is 0 Å². The second-order valence-electron chi connectivity index (χ2n) is 3.07. The van der Waals surface area contributed by atoms with E-state index in [1.165, 1.54) is 0 Å². The number of benzene rings is 1. The maximum absolute atomic E-state index is 9.39. The van der Waals surface area contributed by atoms with Gasteiger partial charge >= 0.3 is 0 Å². The molecule has 3 N–H and O–H groups in total. The van der Waals surface area contributed by atoms with Crippen molar-refractivity contribution in [3.05, 3.63) is 29.3 Å². The monoisotopic (exact) mass is 180 g/mol. The number of hydrogen-bond acceptors (Lipinski definition) is 3. The third-order valence-electron chi connectivity index (χ3n) is 1.80. The Morgan fingerprint density at radius 1 is 1.00 bits per heavy atom. The van der Waals surface area contributed by atoms with E-state index in [0.29, 0.717) is 5.75 Å². The molecule has 0 heterocycles. The van der Waals surface area contributed by atoms with Crippen molar-refractivity contribution in [3.8, 4) is 5.75 Å². The van der Waals surface area contributed by atoms with Gasteiger partial charge in [0.2, 0.25) is 0 Å². The summed E-state index contributed by atoms with van der Waals surface area (Å²) < 4.78 is 0. The highest BCUT2D eigenvalue weighted by molar-refractivity contribution is 5.33. The summed E-state index contributed by atoms with van der Waals surface area (Å²) in [6.07, 6.45) is 0. The third kappa shape index (κ3) is 3.05. The molecule has 0 fully saturated rings. The number of hydrogen-bond donors (Lipinski definition) is 3. The number of aromatic hydroxyl groups is 1. The zero-order valence-corrected chi connectivity index (χ0v) is 8.09. The van der Waals surface area contributed by atoms with E-state index in [-0.39, 0.29) is 0 Å². The van der Waals surface area contributed by atoms with Crippen molar-refractivity contribution in [3.63, 3.8) is 0 Å². The number of phenolic OH excluding ortho intramolecular Hbond substituents is 1. The molecule has 3 heteroatoms. The molecule has 72 valence electrons. The first kappa shape index (κ1) is 10.0. The Morgan fingerprint density at radius 3 is 1.85 bits per heavy atom. The van der Waals surface area contributed by atoms with Gasteiger partial charge in [-0.25, -0.2) is 0 Å². The van der Waals surface area contributed by atoms with Crippen LogP contribution in [-0.4, -0.2) is 19.2 Å². The molecule has 3 nitrogen and oxygen atoms in total. The molecule has 0 aliphatic carbocycles. The van der Waals surface area contributed by atoms with Crippen LogP contribution >= 0.6 is 0 Å². The lowest BCUT2D eigenvalue weighted by atomic mass is 10.1. The standard InChI is InChI=1S/C10H16N2O/c1-11-6-8-3-9(7-12-2)5-10(13)4-8/h3-5,11-13H,6-7H2,1-2H3. The van der Waals surface area contributed by atoms with E-state index >= 15 is 0 Å². The molecule has 1 aromatic carbocycles. The van der Waals surface area contributed by atoms with Gasteiger partial charge in [0.05, 0.1) is 0 Å². The minimum Gasteiger partial charge on any atom is -0.508 e. The summed E-state index contributed by atoms with van der Waals surface area (Å²) in [5, 5.41) is 15.5. The molecule has 0 amide bonds. The lowest BCUT2D eigenvalue weighted by Gasteiger charge is -2.05. The lowest BCUT2D eigenvalue weighted by molar-refractivity contribution is 0.473. The van der Waals surface area contributed by atoms with Gasteiger partial charge in [-0.15, -0.1) is 0 Å². The second kappa shape index (κ2) is 4.84. The average Bonchev–Trinajstić information content (AvgIpc) is 2.04. The van der Waals surface area contributed by atoms with Crippen molar-refractivity contribution in [2.75, 3.05) is 14.1 Å². The summed E-state index contributed by atoms with van der Waals surface area (Å²) in [4.78, 5) is 0. The van der Waals surface area contributed by atoms with Crippen molar-refractivity contribution < 1.29 is 5.11 Å². The highest BCUT2D eigenvalue weighted by Gasteiger charge is 1.98. The third-order valence-corrected chi connectivity index (χ3v) is 1.80. The summed E-state index contributed by atoms with van der Waals surface area (Å²) in [6.45, 7) is 1.57. The van der Waals surface area contributed by atoms with E-state index in [1.54, 1.807) is 12.1 Å². The van der Waals surface area contributed by atoms with Crippen molar-refractivity contribution in [2.24, 2.45) is 0 Å². The van der Waals surface area contributed by atoms with E-state index in [2.05, 4.69) is 16.7 Å². The van der Waals surface area contributed by atoms with Gasteiger partial charge in [-0.3, -0.25) is 0 Å². The van der Waals surface area contributed by atoms with Gasteiger partial charge < -0.3 is 15.7 Å². The van der Waals surface area contributed by atoms with Gasteiger partial charge in [0.15, 0.2) is 0 Å². The maximum atomic E-state index is 9.39. The Labute approximate surface area is 78.8 Å². The van der Waals surface area contributed by atoms with E-state index in [9.17, 15) is 5.11 Å². The summed E-state index contributed by atoms with van der Waals surface area (Å²) >= 11 is 0. The number of rotatable bonds is 4. The first-order valence-electron chi connectivity index (χ1n) is 4.37. The van der Waals surface area contributed by atoms with Gasteiger partial charge in [-0.05, 0) is 37.4 Å². The Morgan fingerprint density at radius 2 is 1.46 bits per heavy atom. The number of nitrogens with one attached hydrogen (secondary N) is 2. The van der Waals surface area contributed by atoms with E-state index in [0.717, 1.165) is 24.2 Å². The minimum atomic E-state index is 0.331. The quantitative estimate of drug-likeness (QED) is 0.643. The molecule has 0 bridgehead atoms. The molecule has 0 aliphatic heterocycles. The van der Waals surface area contributed by atoms with Crippen LogP contribution in [0.5, 0.6) is 5.75 Å². The average molecular weight is 180 g/mol. The first-order valence-corrected chi connectivity index (χ1v) is 4.37. The molecule has 0 saturated carbocycles. The van der Waals surface area contributed by atoms with Crippen LogP contribution in [0.15, 0.2) is 18.2 Å². The van der Waals surface area contributed by atoms with Crippen LogP contribution < -0.4 is 10.6 Å². The summed E-state index contributed by atoms with van der Waals surface area (Å²) in [7, 11) is 3.78. The molecule has 0 saturated heterocycles. The lowest BCUT2D eigenvalue weighted by Crippen LogP contribution is -2.08. The van der Waals surface area contributed by atoms with E-state index in [1.807, 2.05) is 14.1 Å². The molecule has 0 unspecified atom stereocenters. The Hall–Kier alpha value is -1.06. The molecule has 0 aliphatic rings. The second-order valence-corrected chi connectivity index (χ2v) is 3.07. The van der Waals surface area contributed by atoms with Crippen molar-refractivity contribution in [1.29, 1.82) is 0 Å². The first-order chi connectivity index (χ1) is 6.26. The zero-order chi connectivity index (χ0) is 9.68. The molecule has 1 rings (SSSR count). The fraction of sp³-hybridized carbons (Fsp3) is 0.400. The van der Waals surface area contributed by atoms with Crippen molar-refractivity contribution in [2.45, 2.75) is 13.1 Å². The predicted molar refractivity (Wildman–Crippen MR) is 53.6 cm³/mol. The molecule has 0 spiro atoms. The topological polar surface area (TPSA) is 44.3 Å². The van der Waals surface area contributed by atoms with Crippen LogP contribution in [0.25, 0.3) is 0 Å². The summed E-state index contributed by atoms with van der Waals surface area (Å²) in [5.41, 5.74) is 2.21. The maximum Gasteiger partial charge on any atom is 0.116 e. The van der Waals surface area contributed by atoms with Crippen LogP contribution in [0.4, 0.5) is 0 Å². The zero-order valence-electron chi connectivity index (χ0n) is 8.09. The molecule has 0 radical (unpaired) electrons. The molecular formula is C10H16N2O. The Bertz CT molecular complexity index is 249. The van der Waals surface area contributed by atoms with Crippen molar-refractivity contribution >= 4 is 0 Å². The fourth-order valence-electron chi connectivity index (χ4n) is 1.36. The van der Waals surface area contributed by atoms with Gasteiger partial charge in [0, 0.05) is 13.1 Å². The van der Waals surface area contributed by atoms with Crippen molar-refractivity contribution in [1.82, 2.24) is 10.6 Å². The Kier molecular flexibility index (Phi) is 3.73. The smallest absolute Gasteiger partial charge is 0.116 e. The summed E-state index contributed by atoms with van der Waals surface area (Å²) in [5.74, 6) is 0.331. The normalized spacial score (nSPS) is 10.3. The minimum absolute atomic E-state index is 0.331. The van der Waals surface area contributed by atoms with Gasteiger partial charge in [-0.1, -0.05) is 6.07 Å². The summed E-state index contributed by atoms with van der Waals surface area (Å²) in [6, 6.07) is 5.62. The van der Waals surface area contributed by atoms with E-state index in [4.69, 9.17) is 0 Å². The molecule has 1 aromatic rings. The molecule has 0 atom stereocenters. The highest BCUT2D eigenvalue weighted by Crippen LogP contribution is 2.15. The molecular weight excluding hydrogens is 164 g/mol. The van der Waals surface area contributed by atoms with Crippen LogP contribution in [0, 0.1) is 0 Å². The predicted octanol–water partition coefficient (Wildman–Crippen LogP) is 0.831. The Balaban J connectivity index is 2.83.